The maximum atomic E-state index is 12.7. The molecule has 0 aliphatic rings. The molecule has 0 saturated carbocycles. The highest BCUT2D eigenvalue weighted by molar-refractivity contribution is 5.71. The zero-order valence-corrected chi connectivity index (χ0v) is 41.1. The van der Waals surface area contributed by atoms with Crippen molar-refractivity contribution in [2.45, 2.75) is 304 Å². The summed E-state index contributed by atoms with van der Waals surface area (Å²) in [6, 6.07) is 0. The molecular weight excluding hydrogens is 745 g/mol. The zero-order chi connectivity index (χ0) is 44.0. The molecule has 0 spiro atoms. The van der Waals surface area contributed by atoms with E-state index in [4.69, 9.17) is 14.2 Å². The van der Waals surface area contributed by atoms with Crippen LogP contribution in [-0.4, -0.2) is 37.2 Å². The summed E-state index contributed by atoms with van der Waals surface area (Å²) in [5, 5.41) is 0. The van der Waals surface area contributed by atoms with Gasteiger partial charge in [0.2, 0.25) is 0 Å². The average molecular weight is 849 g/mol. The fraction of sp³-hybridized carbons (Fsp3) is 0.944. The molecule has 6 nitrogen and oxygen atoms in total. The number of carbonyl (C=O) groups is 3. The summed E-state index contributed by atoms with van der Waals surface area (Å²) in [5.41, 5.74) is 0. The van der Waals surface area contributed by atoms with Crippen LogP contribution in [0, 0.1) is 11.8 Å². The first kappa shape index (κ1) is 58.4. The van der Waals surface area contributed by atoms with Crippen molar-refractivity contribution >= 4 is 17.9 Å². The number of rotatable bonds is 48. The van der Waals surface area contributed by atoms with Crippen molar-refractivity contribution in [2.24, 2.45) is 11.8 Å². The normalized spacial score (nSPS) is 12.5. The van der Waals surface area contributed by atoms with Crippen molar-refractivity contribution in [3.63, 3.8) is 0 Å². The van der Waals surface area contributed by atoms with Gasteiger partial charge in [-0.2, -0.15) is 0 Å². The van der Waals surface area contributed by atoms with E-state index in [1.807, 2.05) is 0 Å². The first-order valence-electron chi connectivity index (χ1n) is 26.8. The highest BCUT2D eigenvalue weighted by Gasteiger charge is 2.19. The maximum absolute atomic E-state index is 12.7. The minimum absolute atomic E-state index is 0.0643. The van der Waals surface area contributed by atoms with Gasteiger partial charge in [-0.05, 0) is 31.1 Å². The van der Waals surface area contributed by atoms with Crippen molar-refractivity contribution in [1.29, 1.82) is 0 Å². The van der Waals surface area contributed by atoms with Gasteiger partial charge in [0, 0.05) is 19.3 Å². The summed E-state index contributed by atoms with van der Waals surface area (Å²) in [4.78, 5) is 37.7. The molecule has 0 aromatic carbocycles. The van der Waals surface area contributed by atoms with Crippen LogP contribution in [0.4, 0.5) is 0 Å². The Labute approximate surface area is 374 Å². The van der Waals surface area contributed by atoms with E-state index in [1.165, 1.54) is 180 Å². The van der Waals surface area contributed by atoms with Gasteiger partial charge < -0.3 is 14.2 Å². The molecule has 0 aliphatic heterocycles. The SMILES string of the molecule is CCCCCCCC(=O)OC[C@@H](COC(=O)CCCCCCCCCCCCCCCCC(C)CC)OC(=O)CCCCCCCCCCCCCCCCCCC(C)C. The standard InChI is InChI=1S/C54H104O6/c1-6-8-9-32-39-44-52(55)58-47-51(48-59-53(56)45-40-35-30-26-22-18-15-14-17-21-25-29-34-38-43-50(5)7-2)60-54(57)46-41-36-31-27-23-19-13-11-10-12-16-20-24-28-33-37-42-49(3)4/h49-51H,6-48H2,1-5H3/t50?,51-/m0/s1. The van der Waals surface area contributed by atoms with E-state index in [0.717, 1.165) is 76.0 Å². The maximum Gasteiger partial charge on any atom is 0.306 e. The smallest absolute Gasteiger partial charge is 0.306 e. The summed E-state index contributed by atoms with van der Waals surface area (Å²) in [5.74, 6) is 0.888. The van der Waals surface area contributed by atoms with Crippen LogP contribution in [-0.2, 0) is 28.6 Å². The molecule has 0 aliphatic carbocycles. The molecule has 0 radical (unpaired) electrons. The lowest BCUT2D eigenvalue weighted by Gasteiger charge is -2.18. The molecule has 1 unspecified atom stereocenters. The van der Waals surface area contributed by atoms with Crippen molar-refractivity contribution in [1.82, 2.24) is 0 Å². The monoisotopic (exact) mass is 849 g/mol. The Morgan fingerprint density at radius 2 is 0.633 bits per heavy atom. The lowest BCUT2D eigenvalue weighted by molar-refractivity contribution is -0.167. The fourth-order valence-electron chi connectivity index (χ4n) is 8.13. The predicted octanol–water partition coefficient (Wildman–Crippen LogP) is 17.3. The largest absolute Gasteiger partial charge is 0.462 e. The molecule has 2 atom stereocenters. The van der Waals surface area contributed by atoms with E-state index in [-0.39, 0.29) is 31.1 Å². The van der Waals surface area contributed by atoms with Crippen LogP contribution in [0.3, 0.4) is 0 Å². The van der Waals surface area contributed by atoms with Gasteiger partial charge in [0.05, 0.1) is 0 Å². The van der Waals surface area contributed by atoms with Gasteiger partial charge in [0.1, 0.15) is 13.2 Å². The van der Waals surface area contributed by atoms with E-state index in [0.29, 0.717) is 19.3 Å². The van der Waals surface area contributed by atoms with E-state index in [9.17, 15) is 14.4 Å². The van der Waals surface area contributed by atoms with Gasteiger partial charge in [-0.25, -0.2) is 0 Å². The van der Waals surface area contributed by atoms with Crippen LogP contribution in [0.25, 0.3) is 0 Å². The van der Waals surface area contributed by atoms with Crippen LogP contribution in [0.1, 0.15) is 298 Å². The van der Waals surface area contributed by atoms with Gasteiger partial charge in [0.25, 0.3) is 0 Å². The van der Waals surface area contributed by atoms with Crippen molar-refractivity contribution in [2.75, 3.05) is 13.2 Å². The lowest BCUT2D eigenvalue weighted by Crippen LogP contribution is -2.30. The molecule has 0 aromatic heterocycles. The summed E-state index contributed by atoms with van der Waals surface area (Å²) in [6.45, 7) is 11.4. The predicted molar refractivity (Wildman–Crippen MR) is 256 cm³/mol. The number of esters is 3. The Morgan fingerprint density at radius 1 is 0.350 bits per heavy atom. The van der Waals surface area contributed by atoms with Crippen LogP contribution < -0.4 is 0 Å². The second-order valence-electron chi connectivity index (χ2n) is 19.2. The molecule has 0 heterocycles. The Hall–Kier alpha value is -1.59. The van der Waals surface area contributed by atoms with E-state index >= 15 is 0 Å². The van der Waals surface area contributed by atoms with Crippen LogP contribution >= 0.6 is 0 Å². The molecule has 0 amide bonds. The van der Waals surface area contributed by atoms with Gasteiger partial charge in [0.15, 0.2) is 6.10 Å². The van der Waals surface area contributed by atoms with E-state index < -0.39 is 6.10 Å². The number of carbonyl (C=O) groups excluding carboxylic acids is 3. The summed E-state index contributed by atoms with van der Waals surface area (Å²) in [6.07, 6.45) is 48.3. The number of unbranched alkanes of at least 4 members (excludes halogenated alkanes) is 32. The first-order valence-corrected chi connectivity index (χ1v) is 26.8. The third kappa shape index (κ3) is 45.9. The second-order valence-corrected chi connectivity index (χ2v) is 19.2. The van der Waals surface area contributed by atoms with E-state index in [2.05, 4.69) is 34.6 Å². The third-order valence-corrected chi connectivity index (χ3v) is 12.6. The summed E-state index contributed by atoms with van der Waals surface area (Å²) in [7, 11) is 0. The molecule has 60 heavy (non-hydrogen) atoms. The molecule has 0 rings (SSSR count). The first-order chi connectivity index (χ1) is 29.3. The van der Waals surface area contributed by atoms with Crippen LogP contribution in [0.5, 0.6) is 0 Å². The third-order valence-electron chi connectivity index (χ3n) is 12.6. The van der Waals surface area contributed by atoms with Crippen molar-refractivity contribution in [3.05, 3.63) is 0 Å². The van der Waals surface area contributed by atoms with Crippen molar-refractivity contribution < 1.29 is 28.6 Å². The number of ether oxygens (including phenoxy) is 3. The van der Waals surface area contributed by atoms with Gasteiger partial charge in [-0.1, -0.05) is 259 Å². The minimum atomic E-state index is -0.760. The van der Waals surface area contributed by atoms with Gasteiger partial charge in [-0.15, -0.1) is 0 Å². The fourth-order valence-corrected chi connectivity index (χ4v) is 8.13. The van der Waals surface area contributed by atoms with Crippen LogP contribution in [0.2, 0.25) is 0 Å². The highest BCUT2D eigenvalue weighted by atomic mass is 16.6. The molecule has 0 fully saturated rings. The molecule has 0 N–H and O–H groups in total. The van der Waals surface area contributed by atoms with Gasteiger partial charge in [-0.3, -0.25) is 14.4 Å². The lowest BCUT2D eigenvalue weighted by atomic mass is 9.99. The number of hydrogen-bond acceptors (Lipinski definition) is 6. The number of hydrogen-bond donors (Lipinski definition) is 0. The minimum Gasteiger partial charge on any atom is -0.462 e. The van der Waals surface area contributed by atoms with E-state index in [1.54, 1.807) is 0 Å². The molecule has 0 bridgehead atoms. The Morgan fingerprint density at radius 3 is 0.950 bits per heavy atom. The second kappa shape index (κ2) is 46.9. The molecule has 0 saturated heterocycles. The molecule has 6 heteroatoms. The molecular formula is C54H104O6. The van der Waals surface area contributed by atoms with Crippen molar-refractivity contribution in [3.8, 4) is 0 Å². The summed E-state index contributed by atoms with van der Waals surface area (Å²) >= 11 is 0. The Kier molecular flexibility index (Phi) is 45.7. The average Bonchev–Trinajstić information content (AvgIpc) is 3.23. The Bertz CT molecular complexity index is 918. The summed E-state index contributed by atoms with van der Waals surface area (Å²) < 4.78 is 16.7. The quantitative estimate of drug-likeness (QED) is 0.0345. The Balaban J connectivity index is 4.09. The highest BCUT2D eigenvalue weighted by Crippen LogP contribution is 2.18. The zero-order valence-electron chi connectivity index (χ0n) is 41.1. The molecule has 356 valence electrons. The topological polar surface area (TPSA) is 78.9 Å². The molecule has 0 aromatic rings. The van der Waals surface area contributed by atoms with Crippen LogP contribution in [0.15, 0.2) is 0 Å². The van der Waals surface area contributed by atoms with Gasteiger partial charge >= 0.3 is 17.9 Å².